The molecule has 0 aromatic heterocycles. The van der Waals surface area contributed by atoms with Crippen LogP contribution in [-0.2, 0) is 19.1 Å². The summed E-state index contributed by atoms with van der Waals surface area (Å²) in [6, 6.07) is 0. The van der Waals surface area contributed by atoms with Gasteiger partial charge in [-0.05, 0) is 25.7 Å². The van der Waals surface area contributed by atoms with Crippen LogP contribution in [0.3, 0.4) is 0 Å². The zero-order valence-corrected chi connectivity index (χ0v) is 10.4. The van der Waals surface area contributed by atoms with Crippen molar-refractivity contribution < 1.29 is 19.1 Å². The van der Waals surface area contributed by atoms with E-state index in [0.29, 0.717) is 19.6 Å². The van der Waals surface area contributed by atoms with Gasteiger partial charge in [0, 0.05) is 0 Å². The predicted octanol–water partition coefficient (Wildman–Crippen LogP) is 1.77. The minimum Gasteiger partial charge on any atom is -0.466 e. The molecule has 0 bridgehead atoms. The molecule has 2 atom stereocenters. The van der Waals surface area contributed by atoms with E-state index in [1.54, 1.807) is 13.8 Å². The first kappa shape index (κ1) is 13.0. The maximum Gasteiger partial charge on any atom is 0.309 e. The second-order valence-corrected chi connectivity index (χ2v) is 4.67. The SMILES string of the molecule is CCOC(=O)[C@H]1C[C@@H](C(=O)OCC)C1(C)C. The molecule has 0 saturated heterocycles. The van der Waals surface area contributed by atoms with Gasteiger partial charge < -0.3 is 9.47 Å². The lowest BCUT2D eigenvalue weighted by molar-refractivity contribution is -0.178. The summed E-state index contributed by atoms with van der Waals surface area (Å²) < 4.78 is 9.96. The Hall–Kier alpha value is -1.06. The first-order chi connectivity index (χ1) is 7.45. The molecule has 92 valence electrons. The summed E-state index contributed by atoms with van der Waals surface area (Å²) in [5.74, 6) is -0.759. The summed E-state index contributed by atoms with van der Waals surface area (Å²) in [7, 11) is 0. The number of ether oxygens (including phenoxy) is 2. The zero-order valence-electron chi connectivity index (χ0n) is 10.4. The van der Waals surface area contributed by atoms with E-state index in [4.69, 9.17) is 9.47 Å². The van der Waals surface area contributed by atoms with Crippen LogP contribution in [0.1, 0.15) is 34.1 Å². The predicted molar refractivity (Wildman–Crippen MR) is 58.6 cm³/mol. The normalized spacial score (nSPS) is 26.8. The lowest BCUT2D eigenvalue weighted by Gasteiger charge is -2.48. The molecule has 0 heterocycles. The Labute approximate surface area is 96.3 Å². The van der Waals surface area contributed by atoms with Crippen molar-refractivity contribution >= 4 is 11.9 Å². The molecule has 1 rings (SSSR count). The van der Waals surface area contributed by atoms with Crippen molar-refractivity contribution in [2.45, 2.75) is 34.1 Å². The van der Waals surface area contributed by atoms with Crippen LogP contribution in [0.15, 0.2) is 0 Å². The highest BCUT2D eigenvalue weighted by Crippen LogP contribution is 2.52. The van der Waals surface area contributed by atoms with Gasteiger partial charge in [0.2, 0.25) is 0 Å². The van der Waals surface area contributed by atoms with Gasteiger partial charge in [0.15, 0.2) is 0 Å². The molecule has 0 unspecified atom stereocenters. The quantitative estimate of drug-likeness (QED) is 0.688. The number of carbonyl (C=O) groups excluding carboxylic acids is 2. The average molecular weight is 228 g/mol. The average Bonchev–Trinajstić information content (AvgIpc) is 2.17. The van der Waals surface area contributed by atoms with Gasteiger partial charge in [0.25, 0.3) is 0 Å². The molecule has 0 amide bonds. The Morgan fingerprint density at radius 1 is 1.06 bits per heavy atom. The summed E-state index contributed by atoms with van der Waals surface area (Å²) in [5.41, 5.74) is -0.349. The number of hydrogen-bond donors (Lipinski definition) is 0. The monoisotopic (exact) mass is 228 g/mol. The third-order valence-electron chi connectivity index (χ3n) is 3.41. The van der Waals surface area contributed by atoms with Crippen LogP contribution in [0.2, 0.25) is 0 Å². The molecule has 1 aliphatic carbocycles. The number of hydrogen-bond acceptors (Lipinski definition) is 4. The van der Waals surface area contributed by atoms with Crippen LogP contribution in [0, 0.1) is 17.3 Å². The maximum atomic E-state index is 11.6. The standard InChI is InChI=1S/C12H20O4/c1-5-15-10(13)8-7-9(12(8,3)4)11(14)16-6-2/h8-9H,5-7H2,1-4H3/t8-,9+. The third-order valence-corrected chi connectivity index (χ3v) is 3.41. The highest BCUT2D eigenvalue weighted by molar-refractivity contribution is 5.82. The first-order valence-corrected chi connectivity index (χ1v) is 5.78. The molecule has 0 N–H and O–H groups in total. The number of carbonyl (C=O) groups is 2. The van der Waals surface area contributed by atoms with Crippen molar-refractivity contribution in [2.24, 2.45) is 17.3 Å². The molecule has 4 nitrogen and oxygen atoms in total. The fourth-order valence-corrected chi connectivity index (χ4v) is 2.21. The minimum absolute atomic E-state index is 0.179. The van der Waals surface area contributed by atoms with Gasteiger partial charge >= 0.3 is 11.9 Å². The van der Waals surface area contributed by atoms with E-state index in [2.05, 4.69) is 0 Å². The molecular weight excluding hydrogens is 208 g/mol. The van der Waals surface area contributed by atoms with Gasteiger partial charge in [0.1, 0.15) is 0 Å². The lowest BCUT2D eigenvalue weighted by atomic mass is 9.55. The molecule has 0 radical (unpaired) electrons. The van der Waals surface area contributed by atoms with Gasteiger partial charge in [-0.1, -0.05) is 13.8 Å². The Kier molecular flexibility index (Phi) is 3.94. The topological polar surface area (TPSA) is 52.6 Å². The summed E-state index contributed by atoms with van der Waals surface area (Å²) in [6.45, 7) is 8.17. The molecular formula is C12H20O4. The largest absolute Gasteiger partial charge is 0.466 e. The van der Waals surface area contributed by atoms with E-state index in [9.17, 15) is 9.59 Å². The fourth-order valence-electron chi connectivity index (χ4n) is 2.21. The van der Waals surface area contributed by atoms with Crippen molar-refractivity contribution in [2.75, 3.05) is 13.2 Å². The van der Waals surface area contributed by atoms with Crippen LogP contribution < -0.4 is 0 Å². The number of esters is 2. The summed E-state index contributed by atoms with van der Waals surface area (Å²) in [4.78, 5) is 23.2. The van der Waals surface area contributed by atoms with Crippen molar-refractivity contribution in [3.05, 3.63) is 0 Å². The molecule has 1 fully saturated rings. The van der Waals surface area contributed by atoms with Gasteiger partial charge in [0.05, 0.1) is 25.0 Å². The van der Waals surface area contributed by atoms with Crippen LogP contribution in [0.5, 0.6) is 0 Å². The molecule has 4 heteroatoms. The maximum absolute atomic E-state index is 11.6. The van der Waals surface area contributed by atoms with E-state index in [1.165, 1.54) is 0 Å². The molecule has 1 saturated carbocycles. The molecule has 16 heavy (non-hydrogen) atoms. The van der Waals surface area contributed by atoms with E-state index in [0.717, 1.165) is 0 Å². The van der Waals surface area contributed by atoms with Gasteiger partial charge in [-0.25, -0.2) is 0 Å². The molecule has 0 spiro atoms. The molecule has 0 aromatic rings. The fraction of sp³-hybridized carbons (Fsp3) is 0.833. The van der Waals surface area contributed by atoms with Crippen LogP contribution >= 0.6 is 0 Å². The summed E-state index contributed by atoms with van der Waals surface area (Å²) >= 11 is 0. The van der Waals surface area contributed by atoms with E-state index in [-0.39, 0.29) is 29.2 Å². The molecule has 0 aliphatic heterocycles. The Morgan fingerprint density at radius 2 is 1.44 bits per heavy atom. The highest BCUT2D eigenvalue weighted by atomic mass is 16.5. The zero-order chi connectivity index (χ0) is 12.3. The van der Waals surface area contributed by atoms with Gasteiger partial charge in [-0.2, -0.15) is 0 Å². The number of rotatable bonds is 4. The highest BCUT2D eigenvalue weighted by Gasteiger charge is 2.56. The minimum atomic E-state index is -0.349. The third kappa shape index (κ3) is 2.20. The molecule has 0 aromatic carbocycles. The Balaban J connectivity index is 2.59. The van der Waals surface area contributed by atoms with Crippen molar-refractivity contribution in [3.8, 4) is 0 Å². The second-order valence-electron chi connectivity index (χ2n) is 4.67. The van der Waals surface area contributed by atoms with Gasteiger partial charge in [-0.15, -0.1) is 0 Å². The van der Waals surface area contributed by atoms with Crippen molar-refractivity contribution in [1.29, 1.82) is 0 Å². The smallest absolute Gasteiger partial charge is 0.309 e. The lowest BCUT2D eigenvalue weighted by Crippen LogP contribution is -2.53. The summed E-state index contributed by atoms with van der Waals surface area (Å²) in [5, 5.41) is 0. The second kappa shape index (κ2) is 4.85. The van der Waals surface area contributed by atoms with E-state index in [1.807, 2.05) is 13.8 Å². The van der Waals surface area contributed by atoms with Crippen LogP contribution in [0.4, 0.5) is 0 Å². The molecule has 1 aliphatic rings. The van der Waals surface area contributed by atoms with E-state index >= 15 is 0 Å². The van der Waals surface area contributed by atoms with Gasteiger partial charge in [-0.3, -0.25) is 9.59 Å². The van der Waals surface area contributed by atoms with Crippen molar-refractivity contribution in [3.63, 3.8) is 0 Å². The Bertz CT molecular complexity index is 257. The van der Waals surface area contributed by atoms with E-state index < -0.39 is 0 Å². The summed E-state index contributed by atoms with van der Waals surface area (Å²) in [6.07, 6.45) is 0.546. The Morgan fingerprint density at radius 3 is 1.69 bits per heavy atom. The van der Waals surface area contributed by atoms with Crippen molar-refractivity contribution in [1.82, 2.24) is 0 Å². The van der Waals surface area contributed by atoms with Crippen LogP contribution in [-0.4, -0.2) is 25.2 Å². The van der Waals surface area contributed by atoms with Crippen LogP contribution in [0.25, 0.3) is 0 Å². The first-order valence-electron chi connectivity index (χ1n) is 5.78.